The van der Waals surface area contributed by atoms with Gasteiger partial charge in [-0.2, -0.15) is 23.3 Å². The number of nitrogens with two attached hydrogens (primary N) is 1. The first-order valence-corrected chi connectivity index (χ1v) is 8.57. The van der Waals surface area contributed by atoms with Crippen molar-refractivity contribution in [3.63, 3.8) is 0 Å². The Kier molecular flexibility index (Phi) is 7.14. The predicted octanol–water partition coefficient (Wildman–Crippen LogP) is 3.79. The van der Waals surface area contributed by atoms with Gasteiger partial charge in [-0.05, 0) is 42.8 Å². The summed E-state index contributed by atoms with van der Waals surface area (Å²) in [5, 5.41) is 5.87. The highest BCUT2D eigenvalue weighted by Gasteiger charge is 2.36. The van der Waals surface area contributed by atoms with Crippen molar-refractivity contribution in [3.8, 4) is 0 Å². The van der Waals surface area contributed by atoms with E-state index >= 15 is 0 Å². The minimum atomic E-state index is -4.89. The van der Waals surface area contributed by atoms with Gasteiger partial charge in [0.15, 0.2) is 11.5 Å². The van der Waals surface area contributed by atoms with Crippen LogP contribution in [0.3, 0.4) is 0 Å². The SMILES string of the molecule is C=C/C(=N\N(C(=O)Nc1cc(C)ccc1C(=O)NN)c1ncccc1Cl)C(F)(F)F. The standard InChI is InChI=1S/C18H16ClF3N6O2/c1-3-14(18(20,21)22)27-28(15-12(19)5-4-8-24-15)17(30)25-13-9-10(2)6-7-11(13)16(29)26-23/h3-9H,1,23H2,2H3,(H,25,30)(H,26,29)/b27-14+. The summed E-state index contributed by atoms with van der Waals surface area (Å²) in [4.78, 5) is 28.6. The molecule has 30 heavy (non-hydrogen) atoms. The van der Waals surface area contributed by atoms with Crippen LogP contribution < -0.4 is 21.6 Å². The fourth-order valence-electron chi connectivity index (χ4n) is 2.25. The Bertz CT molecular complexity index is 1010. The molecule has 0 bridgehead atoms. The Hall–Kier alpha value is -3.44. The van der Waals surface area contributed by atoms with E-state index in [1.807, 2.05) is 5.43 Å². The van der Waals surface area contributed by atoms with Crippen molar-refractivity contribution in [3.05, 3.63) is 65.3 Å². The average Bonchev–Trinajstić information content (AvgIpc) is 2.68. The third-order valence-electron chi connectivity index (χ3n) is 3.62. The molecule has 0 spiro atoms. The topological polar surface area (TPSA) is 113 Å². The smallest absolute Gasteiger partial charge is 0.305 e. The van der Waals surface area contributed by atoms with Gasteiger partial charge in [0.25, 0.3) is 5.91 Å². The lowest BCUT2D eigenvalue weighted by atomic mass is 10.1. The first kappa shape index (κ1) is 22.8. The molecule has 1 aromatic carbocycles. The van der Waals surface area contributed by atoms with E-state index in [1.165, 1.54) is 30.5 Å². The number of anilines is 2. The van der Waals surface area contributed by atoms with Crippen LogP contribution in [-0.4, -0.2) is 28.8 Å². The van der Waals surface area contributed by atoms with Crippen molar-refractivity contribution in [1.29, 1.82) is 0 Å². The minimum absolute atomic E-state index is 0.0117. The zero-order chi connectivity index (χ0) is 22.5. The van der Waals surface area contributed by atoms with Crippen molar-refractivity contribution < 1.29 is 22.8 Å². The number of urea groups is 1. The van der Waals surface area contributed by atoms with E-state index in [4.69, 9.17) is 17.4 Å². The van der Waals surface area contributed by atoms with Crippen LogP contribution >= 0.6 is 11.6 Å². The molecule has 1 aromatic heterocycles. The molecule has 0 aliphatic carbocycles. The number of nitrogen functional groups attached to an aromatic ring is 1. The number of nitrogens with one attached hydrogen (secondary N) is 2. The number of aryl methyl sites for hydroxylation is 1. The highest BCUT2D eigenvalue weighted by Crippen LogP contribution is 2.27. The number of carbonyl (C=O) groups is 2. The zero-order valence-corrected chi connectivity index (χ0v) is 16.3. The molecule has 2 aromatic rings. The Labute approximate surface area is 174 Å². The number of carbonyl (C=O) groups excluding carboxylic acids is 2. The highest BCUT2D eigenvalue weighted by atomic mass is 35.5. The molecule has 8 nitrogen and oxygen atoms in total. The van der Waals surface area contributed by atoms with Gasteiger partial charge in [-0.15, -0.1) is 0 Å². The fraction of sp³-hybridized carbons (Fsp3) is 0.111. The van der Waals surface area contributed by atoms with Crippen molar-refractivity contribution in [2.45, 2.75) is 13.1 Å². The molecule has 2 rings (SSSR count). The summed E-state index contributed by atoms with van der Waals surface area (Å²) in [6.45, 7) is 4.76. The molecule has 4 N–H and O–H groups in total. The predicted molar refractivity (Wildman–Crippen MR) is 107 cm³/mol. The van der Waals surface area contributed by atoms with E-state index in [9.17, 15) is 22.8 Å². The van der Waals surface area contributed by atoms with E-state index in [1.54, 1.807) is 13.0 Å². The van der Waals surface area contributed by atoms with Crippen molar-refractivity contribution in [1.82, 2.24) is 10.4 Å². The number of hydrazone groups is 1. The number of hydrogen-bond acceptors (Lipinski definition) is 5. The minimum Gasteiger partial charge on any atom is -0.305 e. The lowest BCUT2D eigenvalue weighted by Gasteiger charge is -2.20. The van der Waals surface area contributed by atoms with E-state index in [2.05, 4.69) is 22.0 Å². The molecule has 0 aliphatic heterocycles. The Balaban J connectivity index is 2.56. The van der Waals surface area contributed by atoms with E-state index in [0.29, 0.717) is 16.6 Å². The van der Waals surface area contributed by atoms with E-state index in [0.717, 1.165) is 0 Å². The van der Waals surface area contributed by atoms with Crippen LogP contribution in [0.25, 0.3) is 0 Å². The van der Waals surface area contributed by atoms with Crippen LogP contribution in [0.1, 0.15) is 15.9 Å². The van der Waals surface area contributed by atoms with Crippen LogP contribution in [0.5, 0.6) is 0 Å². The second kappa shape index (κ2) is 9.37. The number of alkyl halides is 3. The van der Waals surface area contributed by atoms with E-state index < -0.39 is 23.8 Å². The maximum Gasteiger partial charge on any atom is 0.435 e. The Morgan fingerprint density at radius 1 is 1.33 bits per heavy atom. The van der Waals surface area contributed by atoms with Gasteiger partial charge in [0.05, 0.1) is 16.3 Å². The molecule has 0 fully saturated rings. The summed E-state index contributed by atoms with van der Waals surface area (Å²) >= 11 is 6.00. The summed E-state index contributed by atoms with van der Waals surface area (Å²) < 4.78 is 39.5. The summed E-state index contributed by atoms with van der Waals surface area (Å²) in [6, 6.07) is 6.00. The van der Waals surface area contributed by atoms with Gasteiger partial charge >= 0.3 is 12.2 Å². The molecular formula is C18H16ClF3N6O2. The van der Waals surface area contributed by atoms with Crippen LogP contribution in [0, 0.1) is 6.92 Å². The first-order valence-electron chi connectivity index (χ1n) is 8.20. The number of hydrogen-bond donors (Lipinski definition) is 3. The summed E-state index contributed by atoms with van der Waals surface area (Å²) in [7, 11) is 0. The number of rotatable bonds is 5. The third kappa shape index (κ3) is 5.33. The molecule has 12 heteroatoms. The number of allylic oxidation sites excluding steroid dienone is 1. The van der Waals surface area contributed by atoms with E-state index in [-0.39, 0.29) is 22.1 Å². The number of pyridine rings is 1. The van der Waals surface area contributed by atoms with Crippen LogP contribution in [0.2, 0.25) is 5.02 Å². The van der Waals surface area contributed by atoms with Gasteiger partial charge in [-0.3, -0.25) is 10.2 Å². The molecule has 3 amide bonds. The number of halogens is 4. The van der Waals surface area contributed by atoms with Gasteiger partial charge in [-0.1, -0.05) is 24.2 Å². The maximum atomic E-state index is 13.2. The lowest BCUT2D eigenvalue weighted by molar-refractivity contribution is -0.0578. The first-order chi connectivity index (χ1) is 14.1. The fourth-order valence-corrected chi connectivity index (χ4v) is 2.45. The number of nitrogens with zero attached hydrogens (tertiary/aromatic N) is 3. The highest BCUT2D eigenvalue weighted by molar-refractivity contribution is 6.33. The normalized spacial score (nSPS) is 11.6. The van der Waals surface area contributed by atoms with Gasteiger partial charge in [0.1, 0.15) is 0 Å². The Morgan fingerprint density at radius 3 is 2.60 bits per heavy atom. The van der Waals surface area contributed by atoms with Crippen molar-refractivity contribution >= 4 is 40.8 Å². The lowest BCUT2D eigenvalue weighted by Crippen LogP contribution is -2.36. The van der Waals surface area contributed by atoms with Gasteiger partial charge in [0.2, 0.25) is 0 Å². The maximum absolute atomic E-state index is 13.2. The Morgan fingerprint density at radius 2 is 2.03 bits per heavy atom. The molecule has 0 atom stereocenters. The van der Waals surface area contributed by atoms with Crippen LogP contribution in [0.4, 0.5) is 29.5 Å². The van der Waals surface area contributed by atoms with Gasteiger partial charge < -0.3 is 5.32 Å². The van der Waals surface area contributed by atoms with Gasteiger partial charge in [0, 0.05) is 6.20 Å². The largest absolute Gasteiger partial charge is 0.435 e. The molecular weight excluding hydrogens is 425 g/mol. The molecule has 0 saturated heterocycles. The molecule has 1 heterocycles. The zero-order valence-electron chi connectivity index (χ0n) is 15.5. The number of benzene rings is 1. The van der Waals surface area contributed by atoms with Gasteiger partial charge in [-0.25, -0.2) is 15.6 Å². The monoisotopic (exact) mass is 440 g/mol. The van der Waals surface area contributed by atoms with Crippen molar-refractivity contribution in [2.75, 3.05) is 10.3 Å². The molecule has 0 unspecified atom stereocenters. The number of aromatic nitrogens is 1. The summed E-state index contributed by atoms with van der Waals surface area (Å²) in [5.74, 6) is 4.05. The molecule has 158 valence electrons. The quantitative estimate of drug-likeness (QED) is 0.284. The van der Waals surface area contributed by atoms with Crippen molar-refractivity contribution in [2.24, 2.45) is 10.9 Å². The second-order valence-corrected chi connectivity index (χ2v) is 6.17. The third-order valence-corrected chi connectivity index (χ3v) is 3.91. The summed E-state index contributed by atoms with van der Waals surface area (Å²) in [6.07, 6.45) is -3.23. The number of amides is 3. The van der Waals surface area contributed by atoms with Crippen LogP contribution in [0.15, 0.2) is 54.3 Å². The summed E-state index contributed by atoms with van der Waals surface area (Å²) in [5.41, 5.74) is 1.09. The molecule has 0 aliphatic rings. The number of hydrazine groups is 1. The average molecular weight is 441 g/mol. The molecule has 0 saturated carbocycles. The molecule has 0 radical (unpaired) electrons. The van der Waals surface area contributed by atoms with Crippen LogP contribution in [-0.2, 0) is 0 Å². The second-order valence-electron chi connectivity index (χ2n) is 5.76.